The van der Waals surface area contributed by atoms with Gasteiger partial charge in [-0.15, -0.1) is 0 Å². The zero-order chi connectivity index (χ0) is 9.68. The molecule has 1 heterocycles. The molecule has 1 heteroatoms. The Kier molecular flexibility index (Phi) is 3.69. The molecule has 1 aromatic rings. The first kappa shape index (κ1) is 9.97. The van der Waals surface area contributed by atoms with Crippen LogP contribution in [0.3, 0.4) is 0 Å². The molecule has 0 aliphatic heterocycles. The normalized spacial score (nSPS) is 11.4. The molecule has 0 bridgehead atoms. The Bertz CT molecular complexity index is 270. The molecule has 0 N–H and O–H groups in total. The second-order valence-corrected chi connectivity index (χ2v) is 3.54. The van der Waals surface area contributed by atoms with Crippen LogP contribution in [-0.4, -0.2) is 4.98 Å². The lowest BCUT2D eigenvalue weighted by Gasteiger charge is -1.97. The van der Waals surface area contributed by atoms with Gasteiger partial charge in [0.15, 0.2) is 0 Å². The Hall–Kier alpha value is -1.11. The van der Waals surface area contributed by atoms with Crippen LogP contribution in [0.1, 0.15) is 32.0 Å². The van der Waals surface area contributed by atoms with Gasteiger partial charge in [0.1, 0.15) is 0 Å². The van der Waals surface area contributed by atoms with Crippen LogP contribution in [0.5, 0.6) is 0 Å². The van der Waals surface area contributed by atoms with Crippen LogP contribution in [0.4, 0.5) is 0 Å². The summed E-state index contributed by atoms with van der Waals surface area (Å²) < 4.78 is 0. The summed E-state index contributed by atoms with van der Waals surface area (Å²) >= 11 is 0. The highest BCUT2D eigenvalue weighted by atomic mass is 14.7. The Morgan fingerprint density at radius 2 is 2.15 bits per heavy atom. The minimum absolute atomic E-state index is 0.603. The van der Waals surface area contributed by atoms with E-state index in [1.807, 2.05) is 6.20 Å². The maximum atomic E-state index is 4.32. The highest BCUT2D eigenvalue weighted by Crippen LogP contribution is 2.05. The van der Waals surface area contributed by atoms with Crippen LogP contribution in [0, 0.1) is 5.92 Å². The molecule has 0 saturated carbocycles. The number of nitrogens with zero attached hydrogens (tertiary/aromatic N) is 1. The molecular formula is C12H17N. The molecule has 70 valence electrons. The lowest BCUT2D eigenvalue weighted by atomic mass is 10.1. The standard InChI is InChI=1S/C12H17N/c1-4-12-8-7-11(9-13-12)6-5-10(2)3/h5-10H,4H2,1-3H3/b6-5+. The third-order valence-electron chi connectivity index (χ3n) is 1.88. The van der Waals surface area contributed by atoms with E-state index < -0.39 is 0 Å². The predicted molar refractivity (Wildman–Crippen MR) is 57.5 cm³/mol. The molecule has 0 spiro atoms. The van der Waals surface area contributed by atoms with Gasteiger partial charge in [-0.25, -0.2) is 0 Å². The fourth-order valence-corrected chi connectivity index (χ4v) is 1.05. The van der Waals surface area contributed by atoms with Gasteiger partial charge in [0.05, 0.1) is 0 Å². The molecule has 0 aliphatic carbocycles. The van der Waals surface area contributed by atoms with Crippen molar-refractivity contribution in [2.45, 2.75) is 27.2 Å². The van der Waals surface area contributed by atoms with Gasteiger partial charge in [0.2, 0.25) is 0 Å². The Morgan fingerprint density at radius 1 is 1.38 bits per heavy atom. The first-order valence-electron chi connectivity index (χ1n) is 4.85. The number of hydrogen-bond acceptors (Lipinski definition) is 1. The monoisotopic (exact) mass is 175 g/mol. The molecule has 1 nitrogen and oxygen atoms in total. The van der Waals surface area contributed by atoms with Crippen molar-refractivity contribution in [3.05, 3.63) is 35.7 Å². The average Bonchev–Trinajstić information content (AvgIpc) is 2.15. The van der Waals surface area contributed by atoms with E-state index in [2.05, 4.69) is 50.0 Å². The summed E-state index contributed by atoms with van der Waals surface area (Å²) in [6.07, 6.45) is 7.24. The van der Waals surface area contributed by atoms with Crippen molar-refractivity contribution >= 4 is 6.08 Å². The first-order chi connectivity index (χ1) is 6.22. The smallest absolute Gasteiger partial charge is 0.0401 e. The van der Waals surface area contributed by atoms with E-state index in [0.29, 0.717) is 5.92 Å². The summed E-state index contributed by atoms with van der Waals surface area (Å²) in [5.74, 6) is 0.603. The number of hydrogen-bond donors (Lipinski definition) is 0. The molecule has 0 atom stereocenters. The summed E-state index contributed by atoms with van der Waals surface area (Å²) in [4.78, 5) is 4.32. The zero-order valence-electron chi connectivity index (χ0n) is 8.62. The molecule has 0 aromatic carbocycles. The fourth-order valence-electron chi connectivity index (χ4n) is 1.05. The second-order valence-electron chi connectivity index (χ2n) is 3.54. The number of pyridine rings is 1. The van der Waals surface area contributed by atoms with Gasteiger partial charge >= 0.3 is 0 Å². The van der Waals surface area contributed by atoms with Crippen LogP contribution in [-0.2, 0) is 6.42 Å². The van der Waals surface area contributed by atoms with Gasteiger partial charge in [-0.2, -0.15) is 0 Å². The lowest BCUT2D eigenvalue weighted by molar-refractivity contribution is 0.836. The Balaban J connectivity index is 2.69. The van der Waals surface area contributed by atoms with Gasteiger partial charge in [0, 0.05) is 11.9 Å². The molecule has 0 fully saturated rings. The third-order valence-corrected chi connectivity index (χ3v) is 1.88. The SMILES string of the molecule is CCc1ccc(/C=C/C(C)C)cn1. The molecule has 0 aliphatic rings. The van der Waals surface area contributed by atoms with Crippen LogP contribution in [0.25, 0.3) is 6.08 Å². The Morgan fingerprint density at radius 3 is 2.62 bits per heavy atom. The lowest BCUT2D eigenvalue weighted by Crippen LogP contribution is -1.86. The highest BCUT2D eigenvalue weighted by molar-refractivity contribution is 5.47. The van der Waals surface area contributed by atoms with E-state index in [4.69, 9.17) is 0 Å². The fraction of sp³-hybridized carbons (Fsp3) is 0.417. The van der Waals surface area contributed by atoms with Crippen molar-refractivity contribution in [1.29, 1.82) is 0 Å². The van der Waals surface area contributed by atoms with Crippen molar-refractivity contribution in [3.63, 3.8) is 0 Å². The molecule has 0 unspecified atom stereocenters. The molecule has 0 amide bonds. The van der Waals surface area contributed by atoms with Crippen LogP contribution < -0.4 is 0 Å². The summed E-state index contributed by atoms with van der Waals surface area (Å²) in [5, 5.41) is 0. The topological polar surface area (TPSA) is 12.9 Å². The van der Waals surface area contributed by atoms with Crippen molar-refractivity contribution in [1.82, 2.24) is 4.98 Å². The number of aromatic nitrogens is 1. The zero-order valence-corrected chi connectivity index (χ0v) is 8.62. The summed E-state index contributed by atoms with van der Waals surface area (Å²) in [6.45, 7) is 6.46. The largest absolute Gasteiger partial charge is 0.261 e. The van der Waals surface area contributed by atoms with Crippen molar-refractivity contribution in [2.75, 3.05) is 0 Å². The highest BCUT2D eigenvalue weighted by Gasteiger charge is 1.90. The quantitative estimate of drug-likeness (QED) is 0.686. The number of allylic oxidation sites excluding steroid dienone is 1. The molecule has 1 rings (SSSR count). The Labute approximate surface area is 80.5 Å². The van der Waals surface area contributed by atoms with Crippen molar-refractivity contribution < 1.29 is 0 Å². The van der Waals surface area contributed by atoms with Gasteiger partial charge in [-0.3, -0.25) is 4.98 Å². The maximum Gasteiger partial charge on any atom is 0.0401 e. The van der Waals surface area contributed by atoms with Gasteiger partial charge in [0.25, 0.3) is 0 Å². The number of aryl methyl sites for hydroxylation is 1. The van der Waals surface area contributed by atoms with E-state index in [0.717, 1.165) is 12.1 Å². The second kappa shape index (κ2) is 4.80. The molecule has 0 radical (unpaired) electrons. The average molecular weight is 175 g/mol. The summed E-state index contributed by atoms with van der Waals surface area (Å²) in [7, 11) is 0. The van der Waals surface area contributed by atoms with Gasteiger partial charge < -0.3 is 0 Å². The number of rotatable bonds is 3. The summed E-state index contributed by atoms with van der Waals surface area (Å²) in [5.41, 5.74) is 2.34. The first-order valence-corrected chi connectivity index (χ1v) is 4.85. The molecular weight excluding hydrogens is 158 g/mol. The van der Waals surface area contributed by atoms with E-state index in [1.165, 1.54) is 5.56 Å². The molecule has 13 heavy (non-hydrogen) atoms. The maximum absolute atomic E-state index is 4.32. The summed E-state index contributed by atoms with van der Waals surface area (Å²) in [6, 6.07) is 4.20. The van der Waals surface area contributed by atoms with Crippen LogP contribution in [0.15, 0.2) is 24.4 Å². The molecule has 1 aromatic heterocycles. The van der Waals surface area contributed by atoms with Crippen LogP contribution in [0.2, 0.25) is 0 Å². The van der Waals surface area contributed by atoms with Crippen molar-refractivity contribution in [2.24, 2.45) is 5.92 Å². The van der Waals surface area contributed by atoms with E-state index in [9.17, 15) is 0 Å². The predicted octanol–water partition coefficient (Wildman–Crippen LogP) is 3.31. The minimum Gasteiger partial charge on any atom is -0.261 e. The van der Waals surface area contributed by atoms with Crippen LogP contribution >= 0.6 is 0 Å². The van der Waals surface area contributed by atoms with Crippen molar-refractivity contribution in [3.8, 4) is 0 Å². The van der Waals surface area contributed by atoms with E-state index >= 15 is 0 Å². The van der Waals surface area contributed by atoms with E-state index in [-0.39, 0.29) is 0 Å². The van der Waals surface area contributed by atoms with Gasteiger partial charge in [-0.05, 0) is 24.0 Å². The third kappa shape index (κ3) is 3.41. The van der Waals surface area contributed by atoms with E-state index in [1.54, 1.807) is 0 Å². The minimum atomic E-state index is 0.603. The molecule has 0 saturated heterocycles. The van der Waals surface area contributed by atoms with Gasteiger partial charge in [-0.1, -0.05) is 39.0 Å².